The first-order valence-corrected chi connectivity index (χ1v) is 10.2. The van der Waals surface area contributed by atoms with Gasteiger partial charge in [-0.1, -0.05) is 72.3 Å². The summed E-state index contributed by atoms with van der Waals surface area (Å²) in [5.41, 5.74) is 5.98. The van der Waals surface area contributed by atoms with E-state index in [-0.39, 0.29) is 10.8 Å². The lowest BCUT2D eigenvalue weighted by Gasteiger charge is -2.14. The molecule has 0 aromatic heterocycles. The number of rotatable bonds is 8. The number of likely N-dealkylation sites (N-methyl/N-ethyl adjacent to an activating group) is 1. The van der Waals surface area contributed by atoms with Crippen LogP contribution in [0.2, 0.25) is 5.02 Å². The van der Waals surface area contributed by atoms with Gasteiger partial charge in [0.2, 0.25) is 0 Å². The normalized spacial score (nSPS) is 11.5. The van der Waals surface area contributed by atoms with Crippen molar-refractivity contribution in [3.8, 4) is 5.75 Å². The number of hydrazone groups is 1. The number of hydrogen-bond acceptors (Lipinski definition) is 4. The number of carbonyl (C=O) groups is 1. The summed E-state index contributed by atoms with van der Waals surface area (Å²) in [7, 11) is 2.09. The Balaban J connectivity index is 1.52. The fourth-order valence-corrected chi connectivity index (χ4v) is 3.13. The Hall–Kier alpha value is -3.41. The van der Waals surface area contributed by atoms with Gasteiger partial charge in [0.1, 0.15) is 5.75 Å². The molecule has 0 saturated heterocycles. The molecule has 0 atom stereocenters. The summed E-state index contributed by atoms with van der Waals surface area (Å²) in [6.07, 6.45) is 5.77. The largest absolute Gasteiger partial charge is 0.506 e. The highest BCUT2D eigenvalue weighted by molar-refractivity contribution is 6.32. The minimum absolute atomic E-state index is 0.0714. The molecule has 3 aromatic carbocycles. The third-order valence-electron chi connectivity index (χ3n) is 4.52. The molecule has 0 aliphatic heterocycles. The van der Waals surface area contributed by atoms with Crippen molar-refractivity contribution in [2.24, 2.45) is 5.10 Å². The third-order valence-corrected chi connectivity index (χ3v) is 4.83. The van der Waals surface area contributed by atoms with Crippen LogP contribution in [0.3, 0.4) is 0 Å². The predicted octanol–water partition coefficient (Wildman–Crippen LogP) is 4.95. The second-order valence-electron chi connectivity index (χ2n) is 7.12. The molecule has 3 rings (SSSR count). The first-order valence-electron chi connectivity index (χ1n) is 9.82. The van der Waals surface area contributed by atoms with Crippen molar-refractivity contribution in [2.75, 3.05) is 13.6 Å². The highest BCUT2D eigenvalue weighted by atomic mass is 35.5. The van der Waals surface area contributed by atoms with Crippen LogP contribution in [-0.2, 0) is 6.54 Å². The molecule has 0 unspecified atom stereocenters. The average molecular weight is 434 g/mol. The van der Waals surface area contributed by atoms with Crippen molar-refractivity contribution in [3.05, 3.63) is 106 Å². The summed E-state index contributed by atoms with van der Waals surface area (Å²) in [5, 5.41) is 13.6. The van der Waals surface area contributed by atoms with Crippen LogP contribution in [0.1, 0.15) is 27.0 Å². The number of amides is 1. The monoisotopic (exact) mass is 433 g/mol. The summed E-state index contributed by atoms with van der Waals surface area (Å²) >= 11 is 5.83. The Morgan fingerprint density at radius 1 is 1.06 bits per heavy atom. The highest BCUT2D eigenvalue weighted by Crippen LogP contribution is 2.23. The molecular formula is C25H24ClN3O2. The number of halogens is 1. The SMILES string of the molecule is CN(C/C=C/c1cccc(/C=N/NC(=O)c2ccc(O)c(Cl)c2)c1)Cc1ccccc1. The zero-order valence-electron chi connectivity index (χ0n) is 17.2. The molecule has 0 aliphatic carbocycles. The number of benzene rings is 3. The van der Waals surface area contributed by atoms with Gasteiger partial charge in [-0.2, -0.15) is 5.10 Å². The topological polar surface area (TPSA) is 64.9 Å². The minimum Gasteiger partial charge on any atom is -0.506 e. The van der Waals surface area contributed by atoms with Gasteiger partial charge in [-0.3, -0.25) is 9.69 Å². The standard InChI is InChI=1S/C25H24ClN3O2/c1-29(18-20-7-3-2-4-8-20)14-6-11-19-9-5-10-21(15-19)17-27-28-25(31)22-12-13-24(30)23(26)16-22/h2-13,15-17,30H,14,18H2,1H3,(H,28,31)/b11-6+,27-17+. The smallest absolute Gasteiger partial charge is 0.271 e. The Labute approximate surface area is 187 Å². The molecule has 0 heterocycles. The molecule has 0 aliphatic rings. The number of carbonyl (C=O) groups excluding carboxylic acids is 1. The summed E-state index contributed by atoms with van der Waals surface area (Å²) in [5.74, 6) is -0.478. The maximum atomic E-state index is 12.1. The fourth-order valence-electron chi connectivity index (χ4n) is 2.95. The van der Waals surface area contributed by atoms with E-state index in [4.69, 9.17) is 11.6 Å². The fraction of sp³-hybridized carbons (Fsp3) is 0.120. The van der Waals surface area contributed by atoms with Gasteiger partial charge in [-0.25, -0.2) is 5.43 Å². The van der Waals surface area contributed by atoms with E-state index in [0.29, 0.717) is 5.56 Å². The molecule has 6 heteroatoms. The van der Waals surface area contributed by atoms with E-state index >= 15 is 0 Å². The number of phenols is 1. The number of nitrogens with zero attached hydrogens (tertiary/aromatic N) is 2. The quantitative estimate of drug-likeness (QED) is 0.390. The van der Waals surface area contributed by atoms with Gasteiger partial charge >= 0.3 is 0 Å². The molecule has 2 N–H and O–H groups in total. The van der Waals surface area contributed by atoms with E-state index in [9.17, 15) is 9.90 Å². The lowest BCUT2D eigenvalue weighted by Crippen LogP contribution is -2.17. The van der Waals surface area contributed by atoms with Crippen molar-refractivity contribution in [1.82, 2.24) is 10.3 Å². The van der Waals surface area contributed by atoms with Crippen LogP contribution < -0.4 is 5.43 Å². The van der Waals surface area contributed by atoms with Crippen LogP contribution in [0, 0.1) is 0 Å². The van der Waals surface area contributed by atoms with E-state index in [1.165, 1.54) is 23.8 Å². The summed E-state index contributed by atoms with van der Waals surface area (Å²) in [4.78, 5) is 14.4. The van der Waals surface area contributed by atoms with Crippen LogP contribution in [-0.4, -0.2) is 35.7 Å². The zero-order valence-corrected chi connectivity index (χ0v) is 18.0. The van der Waals surface area contributed by atoms with Gasteiger partial charge in [0, 0.05) is 18.7 Å². The van der Waals surface area contributed by atoms with Crippen LogP contribution in [0.4, 0.5) is 0 Å². The van der Waals surface area contributed by atoms with Gasteiger partial charge in [0.15, 0.2) is 0 Å². The molecule has 31 heavy (non-hydrogen) atoms. The maximum absolute atomic E-state index is 12.1. The Kier molecular flexibility index (Phi) is 7.98. The first-order chi connectivity index (χ1) is 15.0. The van der Waals surface area contributed by atoms with Gasteiger partial charge in [-0.05, 0) is 48.0 Å². The molecule has 0 spiro atoms. The molecule has 0 saturated carbocycles. The van der Waals surface area contributed by atoms with E-state index in [1.54, 1.807) is 6.21 Å². The molecule has 0 radical (unpaired) electrons. The van der Waals surface area contributed by atoms with E-state index in [2.05, 4.69) is 46.8 Å². The maximum Gasteiger partial charge on any atom is 0.271 e. The number of hydrogen-bond donors (Lipinski definition) is 2. The minimum atomic E-state index is -0.407. The number of aromatic hydroxyl groups is 1. The second kappa shape index (κ2) is 11.1. The lowest BCUT2D eigenvalue weighted by molar-refractivity contribution is 0.0955. The van der Waals surface area contributed by atoms with Gasteiger partial charge in [0.05, 0.1) is 11.2 Å². The van der Waals surface area contributed by atoms with E-state index < -0.39 is 5.91 Å². The van der Waals surface area contributed by atoms with Crippen LogP contribution in [0.15, 0.2) is 84.0 Å². The molecule has 0 bridgehead atoms. The third kappa shape index (κ3) is 7.10. The zero-order chi connectivity index (χ0) is 22.1. The molecule has 158 valence electrons. The first kappa shape index (κ1) is 22.3. The Bertz CT molecular complexity index is 1080. The predicted molar refractivity (Wildman–Crippen MR) is 126 cm³/mol. The summed E-state index contributed by atoms with van der Waals surface area (Å²) in [6, 6.07) is 22.5. The molecule has 1 amide bonds. The number of phenolic OH excluding ortho intramolecular Hbond substituents is 1. The van der Waals surface area contributed by atoms with Crippen molar-refractivity contribution >= 4 is 29.8 Å². The summed E-state index contributed by atoms with van der Waals surface area (Å²) in [6.45, 7) is 1.72. The Morgan fingerprint density at radius 3 is 2.61 bits per heavy atom. The van der Waals surface area contributed by atoms with E-state index in [1.807, 2.05) is 42.5 Å². The van der Waals surface area contributed by atoms with Gasteiger partial charge in [0.25, 0.3) is 5.91 Å². The molecule has 3 aromatic rings. The molecule has 0 fully saturated rings. The van der Waals surface area contributed by atoms with Gasteiger partial charge < -0.3 is 5.11 Å². The van der Waals surface area contributed by atoms with Gasteiger partial charge in [-0.15, -0.1) is 0 Å². The second-order valence-corrected chi connectivity index (χ2v) is 7.53. The highest BCUT2D eigenvalue weighted by Gasteiger charge is 2.07. The van der Waals surface area contributed by atoms with Crippen molar-refractivity contribution in [1.29, 1.82) is 0 Å². The van der Waals surface area contributed by atoms with E-state index in [0.717, 1.165) is 24.2 Å². The van der Waals surface area contributed by atoms with Crippen LogP contribution in [0.25, 0.3) is 6.08 Å². The lowest BCUT2D eigenvalue weighted by atomic mass is 10.1. The van der Waals surface area contributed by atoms with Crippen molar-refractivity contribution in [3.63, 3.8) is 0 Å². The Morgan fingerprint density at radius 2 is 1.84 bits per heavy atom. The van der Waals surface area contributed by atoms with Crippen LogP contribution >= 0.6 is 11.6 Å². The molecular weight excluding hydrogens is 410 g/mol. The van der Waals surface area contributed by atoms with Crippen molar-refractivity contribution < 1.29 is 9.90 Å². The van der Waals surface area contributed by atoms with Crippen molar-refractivity contribution in [2.45, 2.75) is 6.54 Å². The average Bonchev–Trinajstić information content (AvgIpc) is 2.76. The number of nitrogens with one attached hydrogen (secondary N) is 1. The molecule has 5 nitrogen and oxygen atoms in total. The summed E-state index contributed by atoms with van der Waals surface area (Å²) < 4.78 is 0. The van der Waals surface area contributed by atoms with Crippen LogP contribution in [0.5, 0.6) is 5.75 Å².